The van der Waals surface area contributed by atoms with Crippen LogP contribution in [0, 0.1) is 0 Å². The van der Waals surface area contributed by atoms with Crippen molar-refractivity contribution in [2.24, 2.45) is 0 Å². The second-order valence-electron chi connectivity index (χ2n) is 6.67. The van der Waals surface area contributed by atoms with Crippen LogP contribution in [0.25, 0.3) is 0 Å². The molecular formula is C18H38KN2O6+3. The van der Waals surface area contributed by atoms with E-state index in [0.717, 1.165) is 78.9 Å². The van der Waals surface area contributed by atoms with Gasteiger partial charge in [0.15, 0.2) is 0 Å². The molecule has 27 heavy (non-hydrogen) atoms. The van der Waals surface area contributed by atoms with Crippen LogP contribution in [0.15, 0.2) is 0 Å². The van der Waals surface area contributed by atoms with Crippen molar-refractivity contribution in [3.05, 3.63) is 0 Å². The maximum atomic E-state index is 5.73. The van der Waals surface area contributed by atoms with Crippen LogP contribution in [0.5, 0.6) is 0 Å². The summed E-state index contributed by atoms with van der Waals surface area (Å²) >= 11 is 0. The van der Waals surface area contributed by atoms with Crippen molar-refractivity contribution in [2.45, 2.75) is 0 Å². The van der Waals surface area contributed by atoms with Gasteiger partial charge in [0.2, 0.25) is 0 Å². The van der Waals surface area contributed by atoms with Gasteiger partial charge < -0.3 is 38.2 Å². The minimum atomic E-state index is 0. The number of rotatable bonds is 0. The molecule has 0 aromatic heterocycles. The quantitative estimate of drug-likeness (QED) is 0.383. The van der Waals surface area contributed by atoms with Crippen LogP contribution in [-0.2, 0) is 28.4 Å². The number of ether oxygens (including phenoxy) is 6. The van der Waals surface area contributed by atoms with Gasteiger partial charge in [0, 0.05) is 0 Å². The van der Waals surface area contributed by atoms with E-state index in [1.54, 1.807) is 0 Å². The zero-order chi connectivity index (χ0) is 18.1. The third-order valence-electron chi connectivity index (χ3n) is 4.72. The van der Waals surface area contributed by atoms with Crippen LogP contribution in [0.4, 0.5) is 0 Å². The SMILES string of the molecule is C1COCC[NH+]2CCOCCOCC[NH+](CCO1)CCOCCOCC2.[K+]. The van der Waals surface area contributed by atoms with Gasteiger partial charge in [0.25, 0.3) is 0 Å². The van der Waals surface area contributed by atoms with Gasteiger partial charge in [-0.3, -0.25) is 0 Å². The van der Waals surface area contributed by atoms with Crippen LogP contribution in [0.2, 0.25) is 0 Å². The molecule has 2 bridgehead atoms. The van der Waals surface area contributed by atoms with E-state index in [-0.39, 0.29) is 51.4 Å². The fourth-order valence-electron chi connectivity index (χ4n) is 3.01. The van der Waals surface area contributed by atoms with Gasteiger partial charge in [-0.2, -0.15) is 0 Å². The molecule has 0 unspecified atom stereocenters. The van der Waals surface area contributed by atoms with Crippen LogP contribution in [0.3, 0.4) is 0 Å². The fourth-order valence-corrected chi connectivity index (χ4v) is 3.01. The van der Waals surface area contributed by atoms with Crippen molar-refractivity contribution in [1.82, 2.24) is 0 Å². The van der Waals surface area contributed by atoms with Gasteiger partial charge in [-0.25, -0.2) is 0 Å². The van der Waals surface area contributed by atoms with Crippen LogP contribution in [-0.4, -0.2) is 119 Å². The van der Waals surface area contributed by atoms with Crippen LogP contribution in [0.1, 0.15) is 0 Å². The Kier molecular flexibility index (Phi) is 18.8. The molecule has 0 aromatic rings. The molecule has 0 amide bonds. The van der Waals surface area contributed by atoms with Crippen molar-refractivity contribution in [3.63, 3.8) is 0 Å². The van der Waals surface area contributed by atoms with Gasteiger partial charge >= 0.3 is 51.4 Å². The first-order valence-electron chi connectivity index (χ1n) is 10.1. The minimum Gasteiger partial charge on any atom is -0.373 e. The number of hydrogen-bond donors (Lipinski definition) is 2. The summed E-state index contributed by atoms with van der Waals surface area (Å²) in [4.78, 5) is 2.88. The Labute approximate surface area is 206 Å². The van der Waals surface area contributed by atoms with Gasteiger partial charge in [0.05, 0.1) is 79.3 Å². The third-order valence-corrected chi connectivity index (χ3v) is 4.72. The van der Waals surface area contributed by atoms with E-state index in [0.29, 0.717) is 39.6 Å². The molecule has 9 heteroatoms. The molecule has 3 fully saturated rings. The summed E-state index contributed by atoms with van der Waals surface area (Å²) in [5.74, 6) is 0. The first kappa shape index (κ1) is 26.4. The molecule has 8 nitrogen and oxygen atoms in total. The molecule has 0 saturated carbocycles. The fraction of sp³-hybridized carbons (Fsp3) is 1.00. The molecule has 0 aromatic carbocycles. The maximum Gasteiger partial charge on any atom is 1.00 e. The van der Waals surface area contributed by atoms with Crippen LogP contribution < -0.4 is 61.2 Å². The zero-order valence-corrected chi connectivity index (χ0v) is 20.3. The van der Waals surface area contributed by atoms with E-state index in [4.69, 9.17) is 28.4 Å². The first-order valence-corrected chi connectivity index (χ1v) is 10.1. The molecule has 3 aliphatic rings. The summed E-state index contributed by atoms with van der Waals surface area (Å²) < 4.78 is 34.4. The summed E-state index contributed by atoms with van der Waals surface area (Å²) in [6.07, 6.45) is 0. The van der Waals surface area contributed by atoms with E-state index in [1.807, 2.05) is 0 Å². The Morgan fingerprint density at radius 2 is 0.481 bits per heavy atom. The van der Waals surface area contributed by atoms with Crippen molar-refractivity contribution in [1.29, 1.82) is 0 Å². The predicted molar refractivity (Wildman–Crippen MR) is 96.0 cm³/mol. The molecule has 0 atom stereocenters. The second-order valence-corrected chi connectivity index (χ2v) is 6.67. The Morgan fingerprint density at radius 3 is 0.667 bits per heavy atom. The van der Waals surface area contributed by atoms with E-state index in [2.05, 4.69) is 0 Å². The van der Waals surface area contributed by atoms with E-state index < -0.39 is 0 Å². The van der Waals surface area contributed by atoms with Gasteiger partial charge in [0.1, 0.15) is 39.3 Å². The molecule has 0 spiro atoms. The first-order chi connectivity index (χ1) is 12.9. The van der Waals surface area contributed by atoms with Gasteiger partial charge in [-0.05, 0) is 0 Å². The van der Waals surface area contributed by atoms with E-state index >= 15 is 0 Å². The summed E-state index contributed by atoms with van der Waals surface area (Å²) in [5, 5.41) is 0. The number of nitrogens with one attached hydrogen (secondary N) is 2. The monoisotopic (exact) mass is 417 g/mol. The average molecular weight is 418 g/mol. The zero-order valence-electron chi connectivity index (χ0n) is 17.2. The maximum absolute atomic E-state index is 5.73. The summed E-state index contributed by atoms with van der Waals surface area (Å²) in [5.41, 5.74) is 0. The third kappa shape index (κ3) is 14.9. The standard InChI is InChI=1S/C18H36N2O6.K/c1-7-21-13-14-24-10-4-20-5-11-25-17-15-22-8-2-19(1)3-9-23-16-18-26-12-6-20;/h1-18H2;/q;+1/p+2. The summed E-state index contributed by atoms with van der Waals surface area (Å²) in [7, 11) is 0. The number of fused-ring (bicyclic) bond motifs is 21. The normalized spacial score (nSPS) is 29.3. The van der Waals surface area contributed by atoms with Gasteiger partial charge in [-0.15, -0.1) is 0 Å². The Balaban J connectivity index is 0.00000364. The molecule has 154 valence electrons. The molecule has 2 N–H and O–H groups in total. The second kappa shape index (κ2) is 19.3. The van der Waals surface area contributed by atoms with Crippen LogP contribution >= 0.6 is 0 Å². The predicted octanol–water partition coefficient (Wildman–Crippen LogP) is -6.11. The largest absolute Gasteiger partial charge is 1.00 e. The summed E-state index contributed by atoms with van der Waals surface area (Å²) in [6, 6.07) is 0. The van der Waals surface area contributed by atoms with Gasteiger partial charge in [-0.1, -0.05) is 0 Å². The molecule has 3 rings (SSSR count). The van der Waals surface area contributed by atoms with Crippen molar-refractivity contribution >= 4 is 0 Å². The van der Waals surface area contributed by atoms with Crippen molar-refractivity contribution < 1.29 is 89.6 Å². The smallest absolute Gasteiger partial charge is 0.373 e. The molecule has 3 saturated heterocycles. The number of hydrogen-bond acceptors (Lipinski definition) is 6. The van der Waals surface area contributed by atoms with E-state index in [1.165, 1.54) is 9.80 Å². The van der Waals surface area contributed by atoms with Crippen molar-refractivity contribution in [2.75, 3.05) is 119 Å². The Hall–Kier alpha value is 1.32. The summed E-state index contributed by atoms with van der Waals surface area (Å²) in [6.45, 7) is 14.1. The Bertz CT molecular complexity index is 253. The topological polar surface area (TPSA) is 64.3 Å². The molecular weight excluding hydrogens is 379 g/mol. The molecule has 3 heterocycles. The van der Waals surface area contributed by atoms with Crippen molar-refractivity contribution in [3.8, 4) is 0 Å². The van der Waals surface area contributed by atoms with E-state index in [9.17, 15) is 0 Å². The minimum absolute atomic E-state index is 0. The Morgan fingerprint density at radius 1 is 0.296 bits per heavy atom. The molecule has 3 aliphatic heterocycles. The molecule has 0 radical (unpaired) electrons. The average Bonchev–Trinajstić information content (AvgIpc) is 2.65. The number of quaternary nitrogens is 2. The molecule has 0 aliphatic carbocycles.